The Morgan fingerprint density at radius 3 is 2.68 bits per heavy atom. The highest BCUT2D eigenvalue weighted by molar-refractivity contribution is 6.30. The Kier molecular flexibility index (Phi) is 5.99. The van der Waals surface area contributed by atoms with E-state index < -0.39 is 0 Å². The first-order chi connectivity index (χ1) is 14.9. The second-order valence-corrected chi connectivity index (χ2v) is 7.92. The van der Waals surface area contributed by atoms with Gasteiger partial charge in [0.1, 0.15) is 11.5 Å². The number of aryl methyl sites for hydroxylation is 2. The molecule has 0 aliphatic carbocycles. The van der Waals surface area contributed by atoms with Gasteiger partial charge < -0.3 is 10.2 Å². The van der Waals surface area contributed by atoms with E-state index in [9.17, 15) is 9.59 Å². The first-order valence-electron chi connectivity index (χ1n) is 10.2. The Balaban J connectivity index is 1.42. The van der Waals surface area contributed by atoms with Gasteiger partial charge >= 0.3 is 0 Å². The van der Waals surface area contributed by atoms with Crippen molar-refractivity contribution in [3.63, 3.8) is 0 Å². The molecule has 1 N–H and O–H groups in total. The van der Waals surface area contributed by atoms with Crippen LogP contribution in [-0.2, 0) is 6.54 Å². The molecule has 0 saturated carbocycles. The van der Waals surface area contributed by atoms with Gasteiger partial charge in [0.05, 0.1) is 11.3 Å². The predicted octanol–water partition coefficient (Wildman–Crippen LogP) is 3.54. The summed E-state index contributed by atoms with van der Waals surface area (Å²) < 4.78 is 1.74. The van der Waals surface area contributed by atoms with Crippen LogP contribution in [0.3, 0.4) is 0 Å². The van der Waals surface area contributed by atoms with Gasteiger partial charge in [-0.1, -0.05) is 11.6 Å². The van der Waals surface area contributed by atoms with Crippen LogP contribution in [0.4, 0.5) is 5.69 Å². The standard InChI is InChI=1S/C22H23ClN6O2/c1-3-29-11-9-19(27-29)22(31)28-10-8-15(13-28)20-24-12-18(14(2)25-20)21(30)26-17-6-4-16(23)5-7-17/h4-7,9,11-12,15H,3,8,10,13H2,1-2H3,(H,26,30)/t15-/m1/s1. The average Bonchev–Trinajstić information content (AvgIpc) is 3.45. The summed E-state index contributed by atoms with van der Waals surface area (Å²) in [6, 6.07) is 8.64. The molecule has 2 amide bonds. The lowest BCUT2D eigenvalue weighted by atomic mass is 10.1. The zero-order chi connectivity index (χ0) is 22.0. The van der Waals surface area contributed by atoms with Crippen LogP contribution < -0.4 is 5.32 Å². The Morgan fingerprint density at radius 2 is 2.00 bits per heavy atom. The zero-order valence-corrected chi connectivity index (χ0v) is 18.1. The van der Waals surface area contributed by atoms with E-state index >= 15 is 0 Å². The third kappa shape index (κ3) is 4.59. The molecule has 3 heterocycles. The van der Waals surface area contributed by atoms with E-state index in [2.05, 4.69) is 20.4 Å². The number of carbonyl (C=O) groups is 2. The quantitative estimate of drug-likeness (QED) is 0.657. The number of likely N-dealkylation sites (tertiary alicyclic amines) is 1. The monoisotopic (exact) mass is 438 g/mol. The second kappa shape index (κ2) is 8.85. The number of nitrogens with zero attached hydrogens (tertiary/aromatic N) is 5. The van der Waals surface area contributed by atoms with Crippen molar-refractivity contribution in [1.29, 1.82) is 0 Å². The highest BCUT2D eigenvalue weighted by Gasteiger charge is 2.31. The number of benzene rings is 1. The largest absolute Gasteiger partial charge is 0.336 e. The van der Waals surface area contributed by atoms with Crippen LogP contribution >= 0.6 is 11.6 Å². The zero-order valence-electron chi connectivity index (χ0n) is 17.4. The second-order valence-electron chi connectivity index (χ2n) is 7.48. The third-order valence-electron chi connectivity index (χ3n) is 5.37. The molecule has 0 unspecified atom stereocenters. The van der Waals surface area contributed by atoms with Gasteiger partial charge in [0.25, 0.3) is 11.8 Å². The maximum absolute atomic E-state index is 12.7. The average molecular weight is 439 g/mol. The van der Waals surface area contributed by atoms with Crippen LogP contribution in [0.15, 0.2) is 42.7 Å². The van der Waals surface area contributed by atoms with Crippen molar-refractivity contribution in [2.75, 3.05) is 18.4 Å². The van der Waals surface area contributed by atoms with E-state index in [0.29, 0.717) is 46.6 Å². The minimum absolute atomic E-state index is 0.0317. The van der Waals surface area contributed by atoms with Gasteiger partial charge in [-0.15, -0.1) is 0 Å². The van der Waals surface area contributed by atoms with Crippen LogP contribution in [0.25, 0.3) is 0 Å². The minimum atomic E-state index is -0.277. The summed E-state index contributed by atoms with van der Waals surface area (Å²) in [6.45, 7) is 5.65. The van der Waals surface area contributed by atoms with Gasteiger partial charge in [0.15, 0.2) is 0 Å². The van der Waals surface area contributed by atoms with Crippen LogP contribution in [0, 0.1) is 6.92 Å². The molecule has 1 saturated heterocycles. The summed E-state index contributed by atoms with van der Waals surface area (Å²) in [6.07, 6.45) is 4.13. The van der Waals surface area contributed by atoms with Gasteiger partial charge in [0, 0.05) is 48.7 Å². The molecule has 4 rings (SSSR count). The molecule has 31 heavy (non-hydrogen) atoms. The van der Waals surface area contributed by atoms with E-state index in [-0.39, 0.29) is 17.7 Å². The fourth-order valence-electron chi connectivity index (χ4n) is 3.61. The number of carbonyl (C=O) groups excluding carboxylic acids is 2. The van der Waals surface area contributed by atoms with Crippen molar-refractivity contribution in [2.24, 2.45) is 0 Å². The van der Waals surface area contributed by atoms with Gasteiger partial charge in [0.2, 0.25) is 0 Å². The lowest BCUT2D eigenvalue weighted by Gasteiger charge is -2.15. The number of halogens is 1. The molecular formula is C22H23ClN6O2. The Morgan fingerprint density at radius 1 is 1.23 bits per heavy atom. The molecule has 3 aromatic rings. The number of rotatable bonds is 5. The first kappa shape index (κ1) is 21.0. The van der Waals surface area contributed by atoms with Crippen molar-refractivity contribution >= 4 is 29.1 Å². The molecule has 1 aliphatic heterocycles. The molecule has 0 radical (unpaired) electrons. The molecule has 9 heteroatoms. The molecule has 8 nitrogen and oxygen atoms in total. The molecule has 1 aromatic carbocycles. The van der Waals surface area contributed by atoms with Crippen LogP contribution in [0.2, 0.25) is 5.02 Å². The highest BCUT2D eigenvalue weighted by Crippen LogP contribution is 2.26. The van der Waals surface area contributed by atoms with Crippen LogP contribution in [0.5, 0.6) is 0 Å². The number of hydrogen-bond donors (Lipinski definition) is 1. The normalized spacial score (nSPS) is 15.8. The molecule has 1 atom stereocenters. The Bertz CT molecular complexity index is 1110. The van der Waals surface area contributed by atoms with E-state index in [1.807, 2.05) is 6.92 Å². The summed E-state index contributed by atoms with van der Waals surface area (Å²) in [5.41, 5.74) is 2.11. The number of hydrogen-bond acceptors (Lipinski definition) is 5. The maximum Gasteiger partial charge on any atom is 0.274 e. The number of amides is 2. The van der Waals surface area contributed by atoms with Gasteiger partial charge in [-0.05, 0) is 50.6 Å². The van der Waals surface area contributed by atoms with E-state index in [0.717, 1.165) is 13.0 Å². The van der Waals surface area contributed by atoms with Gasteiger partial charge in [-0.3, -0.25) is 14.3 Å². The van der Waals surface area contributed by atoms with Gasteiger partial charge in [-0.25, -0.2) is 9.97 Å². The molecule has 2 aromatic heterocycles. The maximum atomic E-state index is 12.7. The molecule has 0 spiro atoms. The predicted molar refractivity (Wildman–Crippen MR) is 117 cm³/mol. The van der Waals surface area contributed by atoms with E-state index in [4.69, 9.17) is 11.6 Å². The molecular weight excluding hydrogens is 416 g/mol. The minimum Gasteiger partial charge on any atom is -0.336 e. The Labute approximate surface area is 185 Å². The first-order valence-corrected chi connectivity index (χ1v) is 10.6. The Hall–Kier alpha value is -3.26. The number of aromatic nitrogens is 4. The molecule has 160 valence electrons. The number of nitrogens with one attached hydrogen (secondary N) is 1. The number of anilines is 1. The fraction of sp³-hybridized carbons (Fsp3) is 0.318. The molecule has 0 bridgehead atoms. The summed E-state index contributed by atoms with van der Waals surface area (Å²) in [5, 5.41) is 7.72. The molecule has 1 aliphatic rings. The van der Waals surface area contributed by atoms with E-state index in [1.165, 1.54) is 0 Å². The third-order valence-corrected chi connectivity index (χ3v) is 5.62. The SMILES string of the molecule is CCn1ccc(C(=O)N2CC[C@@H](c3ncc(C(=O)Nc4ccc(Cl)cc4)c(C)n3)C2)n1. The smallest absolute Gasteiger partial charge is 0.274 e. The van der Waals surface area contributed by atoms with E-state index in [1.54, 1.807) is 59.2 Å². The van der Waals surface area contributed by atoms with Crippen molar-refractivity contribution < 1.29 is 9.59 Å². The highest BCUT2D eigenvalue weighted by atomic mass is 35.5. The summed E-state index contributed by atoms with van der Waals surface area (Å²) in [5.74, 6) is 0.325. The summed E-state index contributed by atoms with van der Waals surface area (Å²) >= 11 is 5.88. The van der Waals surface area contributed by atoms with Crippen molar-refractivity contribution in [3.8, 4) is 0 Å². The topological polar surface area (TPSA) is 93.0 Å². The van der Waals surface area contributed by atoms with Crippen molar-refractivity contribution in [3.05, 3.63) is 70.5 Å². The lowest BCUT2D eigenvalue weighted by molar-refractivity contribution is 0.0783. The fourth-order valence-corrected chi connectivity index (χ4v) is 3.73. The molecule has 1 fully saturated rings. The van der Waals surface area contributed by atoms with Crippen LogP contribution in [-0.4, -0.2) is 49.6 Å². The van der Waals surface area contributed by atoms with Crippen molar-refractivity contribution in [1.82, 2.24) is 24.6 Å². The summed E-state index contributed by atoms with van der Waals surface area (Å²) in [4.78, 5) is 36.1. The summed E-state index contributed by atoms with van der Waals surface area (Å²) in [7, 11) is 0. The lowest BCUT2D eigenvalue weighted by Crippen LogP contribution is -2.29. The van der Waals surface area contributed by atoms with Crippen molar-refractivity contribution in [2.45, 2.75) is 32.7 Å². The van der Waals surface area contributed by atoms with Gasteiger partial charge in [-0.2, -0.15) is 5.10 Å². The van der Waals surface area contributed by atoms with Crippen LogP contribution in [0.1, 0.15) is 51.6 Å².